The Kier molecular flexibility index (Phi) is 9.00. The van der Waals surface area contributed by atoms with Gasteiger partial charge in [0, 0.05) is 18.9 Å². The molecule has 8 heteroatoms. The molecule has 1 rings (SSSR count). The SMILES string of the molecule is CC=C(C)C(O)C(CNC(=O)c1cccnc1)P(=O)(OCC)OCC. The molecule has 1 aromatic rings. The van der Waals surface area contributed by atoms with Gasteiger partial charge in [-0.05, 0) is 45.4 Å². The van der Waals surface area contributed by atoms with Gasteiger partial charge in [-0.2, -0.15) is 0 Å². The van der Waals surface area contributed by atoms with Crippen LogP contribution in [0.25, 0.3) is 0 Å². The van der Waals surface area contributed by atoms with Gasteiger partial charge in [0.1, 0.15) is 5.66 Å². The quantitative estimate of drug-likeness (QED) is 0.485. The van der Waals surface area contributed by atoms with Crippen LogP contribution in [-0.4, -0.2) is 47.5 Å². The van der Waals surface area contributed by atoms with Crippen molar-refractivity contribution in [1.82, 2.24) is 10.3 Å². The van der Waals surface area contributed by atoms with Crippen molar-refractivity contribution in [3.63, 3.8) is 0 Å². The van der Waals surface area contributed by atoms with E-state index in [4.69, 9.17) is 9.05 Å². The number of nitrogens with one attached hydrogen (secondary N) is 1. The lowest BCUT2D eigenvalue weighted by Crippen LogP contribution is -2.40. The first-order chi connectivity index (χ1) is 11.9. The van der Waals surface area contributed by atoms with Crippen molar-refractivity contribution in [3.8, 4) is 0 Å². The van der Waals surface area contributed by atoms with Crippen LogP contribution in [-0.2, 0) is 13.6 Å². The molecule has 0 saturated carbocycles. The van der Waals surface area contributed by atoms with E-state index in [1.165, 1.54) is 6.20 Å². The molecular weight excluding hydrogens is 343 g/mol. The number of carbonyl (C=O) groups is 1. The van der Waals surface area contributed by atoms with E-state index >= 15 is 0 Å². The average molecular weight is 370 g/mol. The summed E-state index contributed by atoms with van der Waals surface area (Å²) in [5.74, 6) is -0.372. The lowest BCUT2D eigenvalue weighted by atomic mass is 10.1. The van der Waals surface area contributed by atoms with E-state index in [2.05, 4.69) is 10.3 Å². The van der Waals surface area contributed by atoms with Crippen LogP contribution < -0.4 is 5.32 Å². The monoisotopic (exact) mass is 370 g/mol. The normalized spacial score (nSPS) is 14.8. The molecule has 0 fully saturated rings. The molecule has 0 aliphatic heterocycles. The van der Waals surface area contributed by atoms with Crippen molar-refractivity contribution in [3.05, 3.63) is 41.7 Å². The highest BCUT2D eigenvalue weighted by Crippen LogP contribution is 2.54. The molecule has 1 amide bonds. The molecule has 2 N–H and O–H groups in total. The highest BCUT2D eigenvalue weighted by Gasteiger charge is 2.41. The standard InChI is InChI=1S/C17H27N2O5P/c1-5-13(4)16(20)15(25(22,23-6-2)24-7-3)12-19-17(21)14-9-8-10-18-11-14/h5,8-11,15-16,20H,6-7,12H2,1-4H3,(H,19,21). The number of hydrogen-bond donors (Lipinski definition) is 2. The Morgan fingerprint density at radius 3 is 2.52 bits per heavy atom. The van der Waals surface area contributed by atoms with E-state index in [9.17, 15) is 14.5 Å². The second-order valence-corrected chi connectivity index (χ2v) is 7.63. The third-order valence-electron chi connectivity index (χ3n) is 3.71. The Balaban J connectivity index is 3.02. The van der Waals surface area contributed by atoms with Gasteiger partial charge < -0.3 is 19.5 Å². The molecule has 0 bridgehead atoms. The largest absolute Gasteiger partial charge is 0.388 e. The van der Waals surface area contributed by atoms with Gasteiger partial charge in [-0.1, -0.05) is 6.08 Å². The van der Waals surface area contributed by atoms with Crippen molar-refractivity contribution in [1.29, 1.82) is 0 Å². The molecule has 25 heavy (non-hydrogen) atoms. The Morgan fingerprint density at radius 1 is 1.40 bits per heavy atom. The van der Waals surface area contributed by atoms with Gasteiger partial charge in [-0.3, -0.25) is 14.3 Å². The summed E-state index contributed by atoms with van der Waals surface area (Å²) in [4.78, 5) is 16.1. The number of allylic oxidation sites excluding steroid dienone is 1. The Labute approximate surface area is 149 Å². The number of carbonyl (C=O) groups excluding carboxylic acids is 1. The number of aliphatic hydroxyl groups excluding tert-OH is 1. The zero-order valence-corrected chi connectivity index (χ0v) is 16.0. The lowest BCUT2D eigenvalue weighted by Gasteiger charge is -2.30. The van der Waals surface area contributed by atoms with E-state index < -0.39 is 19.4 Å². The number of hydrogen-bond acceptors (Lipinski definition) is 6. The van der Waals surface area contributed by atoms with Crippen LogP contribution in [0, 0.1) is 0 Å². The molecule has 2 atom stereocenters. The van der Waals surface area contributed by atoms with Gasteiger partial charge in [0.05, 0.1) is 24.9 Å². The smallest absolute Gasteiger partial charge is 0.338 e. The molecule has 0 spiro atoms. The van der Waals surface area contributed by atoms with Gasteiger partial charge in [0.15, 0.2) is 0 Å². The van der Waals surface area contributed by atoms with Crippen molar-refractivity contribution < 1.29 is 23.5 Å². The third kappa shape index (κ3) is 6.04. The first kappa shape index (κ1) is 21.5. The maximum Gasteiger partial charge on any atom is 0.338 e. The Bertz CT molecular complexity index is 611. The second kappa shape index (κ2) is 10.5. The van der Waals surface area contributed by atoms with E-state index in [-0.39, 0.29) is 25.7 Å². The van der Waals surface area contributed by atoms with E-state index in [0.29, 0.717) is 11.1 Å². The van der Waals surface area contributed by atoms with E-state index in [1.54, 1.807) is 52.1 Å². The number of rotatable bonds is 10. The molecule has 2 unspecified atom stereocenters. The maximum atomic E-state index is 13.1. The summed E-state index contributed by atoms with van der Waals surface area (Å²) in [6, 6.07) is 3.27. The summed E-state index contributed by atoms with van der Waals surface area (Å²) in [5.41, 5.74) is 0.0885. The number of amides is 1. The van der Waals surface area contributed by atoms with Crippen LogP contribution in [0.5, 0.6) is 0 Å². The number of pyridine rings is 1. The molecule has 7 nitrogen and oxygen atoms in total. The first-order valence-corrected chi connectivity index (χ1v) is 9.88. The summed E-state index contributed by atoms with van der Waals surface area (Å²) >= 11 is 0. The molecule has 1 aromatic heterocycles. The van der Waals surface area contributed by atoms with Crippen molar-refractivity contribution in [2.24, 2.45) is 0 Å². The summed E-state index contributed by atoms with van der Waals surface area (Å²) in [7, 11) is -3.62. The summed E-state index contributed by atoms with van der Waals surface area (Å²) in [5, 5.41) is 13.3. The van der Waals surface area contributed by atoms with Gasteiger partial charge in [0.25, 0.3) is 5.91 Å². The van der Waals surface area contributed by atoms with Crippen LogP contribution in [0.3, 0.4) is 0 Å². The highest BCUT2D eigenvalue weighted by molar-refractivity contribution is 7.54. The third-order valence-corrected chi connectivity index (χ3v) is 6.22. The Morgan fingerprint density at radius 2 is 2.04 bits per heavy atom. The average Bonchev–Trinajstić information content (AvgIpc) is 2.61. The van der Waals surface area contributed by atoms with Crippen LogP contribution in [0.4, 0.5) is 0 Å². The van der Waals surface area contributed by atoms with Crippen LogP contribution in [0.2, 0.25) is 0 Å². The molecule has 1 heterocycles. The second-order valence-electron chi connectivity index (χ2n) is 5.37. The lowest BCUT2D eigenvalue weighted by molar-refractivity contribution is 0.0943. The number of aromatic nitrogens is 1. The fraction of sp³-hybridized carbons (Fsp3) is 0.529. The minimum atomic E-state index is -3.62. The summed E-state index contributed by atoms with van der Waals surface area (Å²) < 4.78 is 23.9. The van der Waals surface area contributed by atoms with Crippen LogP contribution >= 0.6 is 7.60 Å². The zero-order valence-electron chi connectivity index (χ0n) is 15.1. The van der Waals surface area contributed by atoms with E-state index in [1.807, 2.05) is 0 Å². The molecule has 0 aliphatic rings. The van der Waals surface area contributed by atoms with Gasteiger partial charge >= 0.3 is 7.60 Å². The summed E-state index contributed by atoms with van der Waals surface area (Å²) in [6.07, 6.45) is 3.66. The summed E-state index contributed by atoms with van der Waals surface area (Å²) in [6.45, 7) is 7.19. The molecule has 0 aromatic carbocycles. The predicted molar refractivity (Wildman–Crippen MR) is 96.7 cm³/mol. The minimum absolute atomic E-state index is 0.0582. The van der Waals surface area contributed by atoms with E-state index in [0.717, 1.165) is 0 Å². The van der Waals surface area contributed by atoms with Crippen LogP contribution in [0.15, 0.2) is 36.2 Å². The van der Waals surface area contributed by atoms with Crippen LogP contribution in [0.1, 0.15) is 38.1 Å². The maximum absolute atomic E-state index is 13.1. The molecular formula is C17H27N2O5P. The Hall–Kier alpha value is -1.53. The highest BCUT2D eigenvalue weighted by atomic mass is 31.2. The zero-order chi connectivity index (χ0) is 18.9. The topological polar surface area (TPSA) is 97.8 Å². The number of nitrogens with zero attached hydrogens (tertiary/aromatic N) is 1. The predicted octanol–water partition coefficient (Wildman–Crippen LogP) is 2.77. The molecule has 0 aliphatic carbocycles. The fourth-order valence-corrected chi connectivity index (χ4v) is 4.33. The molecule has 140 valence electrons. The van der Waals surface area contributed by atoms with Gasteiger partial charge in [-0.15, -0.1) is 0 Å². The fourth-order valence-electron chi connectivity index (χ4n) is 2.26. The first-order valence-electron chi connectivity index (χ1n) is 8.27. The minimum Gasteiger partial charge on any atom is -0.388 e. The van der Waals surface area contributed by atoms with Gasteiger partial charge in [0.2, 0.25) is 0 Å². The van der Waals surface area contributed by atoms with Gasteiger partial charge in [-0.25, -0.2) is 0 Å². The van der Waals surface area contributed by atoms with Crippen molar-refractivity contribution in [2.75, 3.05) is 19.8 Å². The number of aliphatic hydroxyl groups is 1. The van der Waals surface area contributed by atoms with Crippen molar-refractivity contribution in [2.45, 2.75) is 39.5 Å². The van der Waals surface area contributed by atoms with Crippen molar-refractivity contribution >= 4 is 13.5 Å². The molecule has 0 radical (unpaired) electrons. The molecule has 0 saturated heterocycles.